The van der Waals surface area contributed by atoms with E-state index in [0.29, 0.717) is 5.82 Å². The van der Waals surface area contributed by atoms with Crippen molar-refractivity contribution >= 4 is 48.5 Å². The number of aryl methyl sites for hydroxylation is 2. The fraction of sp³-hybridized carbons (Fsp3) is 0.0952. The summed E-state index contributed by atoms with van der Waals surface area (Å²) >= 11 is 1.50. The highest BCUT2D eigenvalue weighted by Crippen LogP contribution is 2.32. The molecule has 0 aliphatic rings. The maximum absolute atomic E-state index is 13.2. The summed E-state index contributed by atoms with van der Waals surface area (Å²) in [6, 6.07) is 16.5. The van der Waals surface area contributed by atoms with Crippen molar-refractivity contribution in [1.29, 1.82) is 0 Å². The number of benzene rings is 2. The Hall–Kier alpha value is -3.30. The Bertz CT molecular complexity index is 1480. The highest BCUT2D eigenvalue weighted by molar-refractivity contribution is 7.91. The highest BCUT2D eigenvalue weighted by Gasteiger charge is 2.27. The molecule has 5 aromatic rings. The summed E-state index contributed by atoms with van der Waals surface area (Å²) in [5.74, 6) is 0.569. The van der Waals surface area contributed by atoms with E-state index in [0.717, 1.165) is 27.0 Å². The molecule has 0 fully saturated rings. The van der Waals surface area contributed by atoms with Gasteiger partial charge >= 0.3 is 0 Å². The van der Waals surface area contributed by atoms with Crippen LogP contribution in [0.15, 0.2) is 69.9 Å². The molecule has 2 aromatic carbocycles. The second kappa shape index (κ2) is 6.89. The lowest BCUT2D eigenvalue weighted by atomic mass is 10.2. The van der Waals surface area contributed by atoms with Gasteiger partial charge in [0.2, 0.25) is 14.9 Å². The van der Waals surface area contributed by atoms with Crippen LogP contribution < -0.4 is 5.32 Å². The van der Waals surface area contributed by atoms with E-state index < -0.39 is 9.84 Å². The lowest BCUT2D eigenvalue weighted by molar-refractivity contribution is 0.592. The summed E-state index contributed by atoms with van der Waals surface area (Å²) in [6.45, 7) is 3.92. The number of rotatable bonds is 4. The predicted octanol–water partition coefficient (Wildman–Crippen LogP) is 4.53. The predicted molar refractivity (Wildman–Crippen MR) is 117 cm³/mol. The largest absolute Gasteiger partial charge is 0.339 e. The van der Waals surface area contributed by atoms with E-state index in [1.165, 1.54) is 15.9 Å². The minimum Gasteiger partial charge on any atom is -0.339 e. The zero-order valence-electron chi connectivity index (χ0n) is 16.2. The number of hydrogen-bond donors (Lipinski definition) is 1. The molecule has 0 bridgehead atoms. The maximum atomic E-state index is 13.2. The van der Waals surface area contributed by atoms with Crippen LogP contribution in [-0.4, -0.2) is 28.2 Å². The van der Waals surface area contributed by atoms with E-state index >= 15 is 0 Å². The van der Waals surface area contributed by atoms with Gasteiger partial charge in [-0.15, -0.1) is 16.4 Å². The van der Waals surface area contributed by atoms with Crippen molar-refractivity contribution in [2.75, 3.05) is 5.32 Å². The first-order valence-electron chi connectivity index (χ1n) is 9.21. The summed E-state index contributed by atoms with van der Waals surface area (Å²) in [5, 5.41) is 13.1. The molecule has 5 rings (SSSR count). The van der Waals surface area contributed by atoms with Gasteiger partial charge in [-0.05, 0) is 49.6 Å². The van der Waals surface area contributed by atoms with Crippen LogP contribution in [0.25, 0.3) is 15.9 Å². The van der Waals surface area contributed by atoms with Crippen LogP contribution in [0.3, 0.4) is 0 Å². The monoisotopic (exact) mass is 435 g/mol. The van der Waals surface area contributed by atoms with E-state index in [1.807, 2.05) is 49.6 Å². The molecule has 0 saturated carbocycles. The molecule has 0 amide bonds. The fourth-order valence-electron chi connectivity index (χ4n) is 3.18. The van der Waals surface area contributed by atoms with Crippen molar-refractivity contribution in [1.82, 2.24) is 19.8 Å². The third-order valence-electron chi connectivity index (χ3n) is 4.82. The molecule has 0 aliphatic carbocycles. The molecule has 30 heavy (non-hydrogen) atoms. The second-order valence-corrected chi connectivity index (χ2v) is 9.81. The molecule has 3 aromatic heterocycles. The smallest absolute Gasteiger partial charge is 0.229 e. The van der Waals surface area contributed by atoms with E-state index in [2.05, 4.69) is 20.6 Å². The topological polar surface area (TPSA) is 89.2 Å². The number of fused-ring (bicyclic) bond motifs is 3. The highest BCUT2D eigenvalue weighted by atomic mass is 32.2. The molecule has 0 saturated heterocycles. The molecule has 0 radical (unpaired) electrons. The van der Waals surface area contributed by atoms with Gasteiger partial charge in [0.05, 0.1) is 15.1 Å². The van der Waals surface area contributed by atoms with Crippen LogP contribution in [0.1, 0.15) is 11.1 Å². The van der Waals surface area contributed by atoms with Crippen molar-refractivity contribution in [3.63, 3.8) is 0 Å². The van der Waals surface area contributed by atoms with Gasteiger partial charge in [-0.2, -0.15) is 4.52 Å². The first-order chi connectivity index (χ1) is 14.4. The van der Waals surface area contributed by atoms with Crippen LogP contribution >= 0.6 is 11.3 Å². The number of nitrogens with zero attached hydrogens (tertiary/aromatic N) is 4. The van der Waals surface area contributed by atoms with Gasteiger partial charge in [-0.1, -0.05) is 40.6 Å². The quantitative estimate of drug-likeness (QED) is 0.446. The number of anilines is 2. The molecule has 7 nitrogen and oxygen atoms in total. The van der Waals surface area contributed by atoms with Crippen molar-refractivity contribution in [2.45, 2.75) is 23.8 Å². The van der Waals surface area contributed by atoms with Crippen molar-refractivity contribution in [2.24, 2.45) is 0 Å². The number of aromatic nitrogens is 4. The molecule has 1 N–H and O–H groups in total. The average molecular weight is 436 g/mol. The summed E-state index contributed by atoms with van der Waals surface area (Å²) < 4.78 is 28.8. The Morgan fingerprint density at radius 1 is 0.933 bits per heavy atom. The average Bonchev–Trinajstić information content (AvgIpc) is 3.37. The first kappa shape index (κ1) is 18.7. The third-order valence-corrected chi connectivity index (χ3v) is 7.40. The Labute approximate surface area is 176 Å². The third kappa shape index (κ3) is 3.03. The number of nitrogens with one attached hydrogen (secondary N) is 1. The Morgan fingerprint density at radius 3 is 2.30 bits per heavy atom. The molecule has 3 heterocycles. The summed E-state index contributed by atoms with van der Waals surface area (Å²) in [7, 11) is -3.87. The van der Waals surface area contributed by atoms with Gasteiger partial charge in [-0.25, -0.2) is 13.4 Å². The van der Waals surface area contributed by atoms with Gasteiger partial charge < -0.3 is 5.32 Å². The lowest BCUT2D eigenvalue weighted by Gasteiger charge is -2.08. The van der Waals surface area contributed by atoms with Gasteiger partial charge in [0, 0.05) is 5.69 Å². The summed E-state index contributed by atoms with van der Waals surface area (Å²) in [5.41, 5.74) is 3.93. The Morgan fingerprint density at radius 2 is 1.60 bits per heavy atom. The van der Waals surface area contributed by atoms with Gasteiger partial charge in [0.25, 0.3) is 0 Å². The Kier molecular flexibility index (Phi) is 4.30. The zero-order chi connectivity index (χ0) is 20.9. The number of thiophene rings is 1. The van der Waals surface area contributed by atoms with Crippen molar-refractivity contribution in [3.05, 3.63) is 71.1 Å². The van der Waals surface area contributed by atoms with Gasteiger partial charge in [0.1, 0.15) is 0 Å². The van der Waals surface area contributed by atoms with Gasteiger partial charge in [0.15, 0.2) is 11.5 Å². The zero-order valence-corrected chi connectivity index (χ0v) is 17.8. The normalized spacial score (nSPS) is 11.9. The second-order valence-electron chi connectivity index (χ2n) is 7.03. The van der Waals surface area contributed by atoms with Crippen LogP contribution in [0.5, 0.6) is 0 Å². The van der Waals surface area contributed by atoms with E-state index in [9.17, 15) is 8.42 Å². The van der Waals surface area contributed by atoms with E-state index in [-0.39, 0.29) is 15.6 Å². The minimum absolute atomic E-state index is 0.161. The summed E-state index contributed by atoms with van der Waals surface area (Å²) in [4.78, 5) is 4.78. The molecule has 0 unspecified atom stereocenters. The van der Waals surface area contributed by atoms with Crippen molar-refractivity contribution in [3.8, 4) is 0 Å². The SMILES string of the molecule is Cc1ccc(Nc2nc3c(S(=O)(=O)c4ccc(C)cc4)nnn3c3ccsc23)cc1. The van der Waals surface area contributed by atoms with Crippen LogP contribution in [0.2, 0.25) is 0 Å². The molecular weight excluding hydrogens is 418 g/mol. The molecule has 9 heteroatoms. The molecule has 150 valence electrons. The van der Waals surface area contributed by atoms with E-state index in [4.69, 9.17) is 0 Å². The molecular formula is C21H17N5O2S2. The van der Waals surface area contributed by atoms with E-state index in [1.54, 1.807) is 24.3 Å². The van der Waals surface area contributed by atoms with Crippen LogP contribution in [0.4, 0.5) is 11.5 Å². The molecule has 0 atom stereocenters. The Balaban J connectivity index is 1.70. The van der Waals surface area contributed by atoms with Crippen LogP contribution in [-0.2, 0) is 9.84 Å². The molecule has 0 spiro atoms. The minimum atomic E-state index is -3.87. The summed E-state index contributed by atoms with van der Waals surface area (Å²) in [6.07, 6.45) is 0. The fourth-order valence-corrected chi connectivity index (χ4v) is 5.24. The first-order valence-corrected chi connectivity index (χ1v) is 11.6. The number of hydrogen-bond acceptors (Lipinski definition) is 7. The number of sulfone groups is 1. The standard InChI is InChI=1S/C21H17N5O2S2/c1-13-3-7-15(8-4-13)22-19-18-17(11-12-29-18)26-20(23-19)21(24-25-26)30(27,28)16-9-5-14(2)6-10-16/h3-12H,1-2H3,(H,22,23). The van der Waals surface area contributed by atoms with Crippen LogP contribution in [0, 0.1) is 13.8 Å². The lowest BCUT2D eigenvalue weighted by Crippen LogP contribution is -2.05. The van der Waals surface area contributed by atoms with Crippen molar-refractivity contribution < 1.29 is 8.42 Å². The maximum Gasteiger partial charge on any atom is 0.229 e. The van der Waals surface area contributed by atoms with Gasteiger partial charge in [-0.3, -0.25) is 0 Å². The molecule has 0 aliphatic heterocycles.